The van der Waals surface area contributed by atoms with E-state index in [2.05, 4.69) is 15.5 Å². The molecule has 1 aromatic heterocycles. The van der Waals surface area contributed by atoms with E-state index in [0.717, 1.165) is 15.8 Å². The molecule has 2 heterocycles. The largest absolute Gasteiger partial charge is 0.340 e. The van der Waals surface area contributed by atoms with Gasteiger partial charge in [0.25, 0.3) is 11.8 Å². The molecule has 0 bridgehead atoms. The number of fused-ring (bicyclic) bond motifs is 1. The van der Waals surface area contributed by atoms with Crippen molar-refractivity contribution in [3.05, 3.63) is 30.0 Å². The molecule has 7 nitrogen and oxygen atoms in total. The number of likely N-dealkylation sites (N-methyl/N-ethyl adjacent to an activating group) is 1. The number of H-pyrrole nitrogens is 1. The highest BCUT2D eigenvalue weighted by molar-refractivity contribution is 6.08. The van der Waals surface area contributed by atoms with E-state index < -0.39 is 6.04 Å². The van der Waals surface area contributed by atoms with Crippen LogP contribution in [0.3, 0.4) is 0 Å². The zero-order valence-corrected chi connectivity index (χ0v) is 10.7. The second-order valence-corrected chi connectivity index (χ2v) is 4.69. The van der Waals surface area contributed by atoms with E-state index >= 15 is 0 Å². The van der Waals surface area contributed by atoms with Crippen molar-refractivity contribution in [2.75, 3.05) is 7.05 Å². The van der Waals surface area contributed by atoms with Gasteiger partial charge in [0.15, 0.2) is 0 Å². The number of nitrogens with zero attached hydrogens (tertiary/aromatic N) is 2. The summed E-state index contributed by atoms with van der Waals surface area (Å²) in [5.74, 6) is -1.06. The Labute approximate surface area is 113 Å². The van der Waals surface area contributed by atoms with E-state index in [1.54, 1.807) is 24.4 Å². The predicted octanol–water partition coefficient (Wildman–Crippen LogP) is 0.0500. The summed E-state index contributed by atoms with van der Waals surface area (Å²) < 4.78 is 0. The maximum Gasteiger partial charge on any atom is 0.252 e. The number of likely N-dealkylation sites (tertiary alicyclic amines) is 1. The number of benzene rings is 1. The number of rotatable bonds is 2. The van der Waals surface area contributed by atoms with Crippen molar-refractivity contribution >= 4 is 28.6 Å². The van der Waals surface area contributed by atoms with Gasteiger partial charge in [0.2, 0.25) is 5.91 Å². The van der Waals surface area contributed by atoms with E-state index in [1.807, 2.05) is 0 Å². The molecule has 1 aliphatic heterocycles. The molecule has 1 fully saturated rings. The van der Waals surface area contributed by atoms with Gasteiger partial charge in [-0.1, -0.05) is 6.07 Å². The molecule has 20 heavy (non-hydrogen) atoms. The molecule has 3 amide bonds. The Hall–Kier alpha value is -2.70. The number of carbonyl (C=O) groups is 3. The fourth-order valence-corrected chi connectivity index (χ4v) is 2.19. The van der Waals surface area contributed by atoms with Gasteiger partial charge >= 0.3 is 0 Å². The van der Waals surface area contributed by atoms with Crippen LogP contribution in [0.5, 0.6) is 0 Å². The minimum Gasteiger partial charge on any atom is -0.340 e. The summed E-state index contributed by atoms with van der Waals surface area (Å²) in [6, 6.07) is 4.29. The van der Waals surface area contributed by atoms with Gasteiger partial charge in [-0.3, -0.25) is 24.4 Å². The van der Waals surface area contributed by atoms with Crippen LogP contribution in [0, 0.1) is 0 Å². The Morgan fingerprint density at radius 3 is 2.95 bits per heavy atom. The molecule has 0 aliphatic carbocycles. The van der Waals surface area contributed by atoms with Crippen molar-refractivity contribution in [1.29, 1.82) is 0 Å². The Bertz CT molecular complexity index is 721. The number of aromatic nitrogens is 2. The van der Waals surface area contributed by atoms with Crippen LogP contribution in [-0.2, 0) is 9.59 Å². The monoisotopic (exact) mass is 272 g/mol. The molecule has 3 rings (SSSR count). The van der Waals surface area contributed by atoms with Gasteiger partial charge in [-0.2, -0.15) is 5.10 Å². The van der Waals surface area contributed by atoms with E-state index in [1.165, 1.54) is 7.05 Å². The number of amides is 3. The van der Waals surface area contributed by atoms with Gasteiger partial charge in [-0.05, 0) is 12.1 Å². The first-order valence-corrected chi connectivity index (χ1v) is 6.10. The van der Waals surface area contributed by atoms with Crippen LogP contribution in [0.25, 0.3) is 10.9 Å². The number of carbonyl (C=O) groups excluding carboxylic acids is 3. The molecule has 1 aliphatic rings. The van der Waals surface area contributed by atoms with E-state index in [0.29, 0.717) is 5.56 Å². The fourth-order valence-electron chi connectivity index (χ4n) is 2.19. The number of nitrogens with one attached hydrogen (secondary N) is 2. The van der Waals surface area contributed by atoms with Gasteiger partial charge in [0, 0.05) is 18.0 Å². The first kappa shape index (κ1) is 12.3. The summed E-state index contributed by atoms with van der Waals surface area (Å²) in [5.41, 5.74) is 1.15. The topological polar surface area (TPSA) is 95.2 Å². The van der Waals surface area contributed by atoms with E-state index in [9.17, 15) is 14.4 Å². The highest BCUT2D eigenvalue weighted by Gasteiger charge is 2.37. The summed E-state index contributed by atoms with van der Waals surface area (Å²) in [6.07, 6.45) is 1.67. The molecular formula is C13H12N4O3. The number of imide groups is 1. The van der Waals surface area contributed by atoms with Crippen molar-refractivity contribution in [3.63, 3.8) is 0 Å². The van der Waals surface area contributed by atoms with Crippen LogP contribution in [0.4, 0.5) is 0 Å². The normalized spacial score (nSPS) is 18.9. The smallest absolute Gasteiger partial charge is 0.252 e. The Kier molecular flexibility index (Phi) is 2.74. The average molecular weight is 272 g/mol. The lowest BCUT2D eigenvalue weighted by Crippen LogP contribution is -2.40. The highest BCUT2D eigenvalue weighted by Crippen LogP contribution is 2.15. The van der Waals surface area contributed by atoms with Gasteiger partial charge < -0.3 is 5.32 Å². The molecule has 0 spiro atoms. The molecule has 102 valence electrons. The third kappa shape index (κ3) is 1.93. The molecular weight excluding hydrogens is 260 g/mol. The summed E-state index contributed by atoms with van der Waals surface area (Å²) in [6.45, 7) is 0. The third-order valence-corrected chi connectivity index (χ3v) is 3.39. The van der Waals surface area contributed by atoms with Crippen molar-refractivity contribution in [2.24, 2.45) is 0 Å². The molecule has 2 N–H and O–H groups in total. The van der Waals surface area contributed by atoms with Gasteiger partial charge in [-0.15, -0.1) is 0 Å². The zero-order chi connectivity index (χ0) is 14.3. The lowest BCUT2D eigenvalue weighted by atomic mass is 10.1. The maximum absolute atomic E-state index is 12.1. The van der Waals surface area contributed by atoms with Crippen molar-refractivity contribution in [1.82, 2.24) is 20.4 Å². The first-order chi connectivity index (χ1) is 9.56. The Balaban J connectivity index is 1.79. The second-order valence-electron chi connectivity index (χ2n) is 4.69. The number of aromatic amines is 1. The lowest BCUT2D eigenvalue weighted by molar-refractivity contribution is -0.137. The second kappa shape index (κ2) is 4.44. The molecule has 1 unspecified atom stereocenters. The zero-order valence-electron chi connectivity index (χ0n) is 10.7. The molecule has 1 saturated heterocycles. The quantitative estimate of drug-likeness (QED) is 0.755. The molecule has 7 heteroatoms. The van der Waals surface area contributed by atoms with Crippen molar-refractivity contribution < 1.29 is 14.4 Å². The van der Waals surface area contributed by atoms with Crippen LogP contribution in [0.15, 0.2) is 24.4 Å². The van der Waals surface area contributed by atoms with Crippen LogP contribution in [0.1, 0.15) is 16.8 Å². The van der Waals surface area contributed by atoms with Crippen molar-refractivity contribution in [3.8, 4) is 0 Å². The molecule has 0 saturated carbocycles. The molecule has 2 aromatic rings. The minimum absolute atomic E-state index is 0.00732. The molecule has 1 aromatic carbocycles. The van der Waals surface area contributed by atoms with Gasteiger partial charge in [0.1, 0.15) is 6.04 Å². The lowest BCUT2D eigenvalue weighted by Gasteiger charge is -2.11. The predicted molar refractivity (Wildman–Crippen MR) is 69.7 cm³/mol. The Morgan fingerprint density at radius 2 is 2.25 bits per heavy atom. The van der Waals surface area contributed by atoms with Crippen molar-refractivity contribution in [2.45, 2.75) is 12.5 Å². The van der Waals surface area contributed by atoms with E-state index in [4.69, 9.17) is 0 Å². The average Bonchev–Trinajstić information content (AvgIpc) is 2.99. The van der Waals surface area contributed by atoms with Crippen LogP contribution in [0.2, 0.25) is 0 Å². The number of hydrogen-bond donors (Lipinski definition) is 2. The van der Waals surface area contributed by atoms with Gasteiger partial charge in [-0.25, -0.2) is 0 Å². The summed E-state index contributed by atoms with van der Waals surface area (Å²) >= 11 is 0. The van der Waals surface area contributed by atoms with E-state index in [-0.39, 0.29) is 24.1 Å². The maximum atomic E-state index is 12.1. The SMILES string of the molecule is CN1C(=O)CC(NC(=O)c2ccc3cn[nH]c3c2)C1=O. The minimum atomic E-state index is -0.780. The van der Waals surface area contributed by atoms with Crippen LogP contribution >= 0.6 is 0 Å². The molecule has 1 atom stereocenters. The third-order valence-electron chi connectivity index (χ3n) is 3.39. The highest BCUT2D eigenvalue weighted by atomic mass is 16.2. The number of hydrogen-bond acceptors (Lipinski definition) is 4. The van der Waals surface area contributed by atoms with Gasteiger partial charge in [0.05, 0.1) is 18.1 Å². The standard InChI is InChI=1S/C13H12N4O3/c1-17-11(18)5-10(13(17)20)15-12(19)7-2-3-8-6-14-16-9(8)4-7/h2-4,6,10H,5H2,1H3,(H,14,16)(H,15,19). The first-order valence-electron chi connectivity index (χ1n) is 6.10. The summed E-state index contributed by atoms with van der Waals surface area (Å²) in [4.78, 5) is 36.2. The summed E-state index contributed by atoms with van der Waals surface area (Å²) in [5, 5.41) is 10.1. The Morgan fingerprint density at radius 1 is 1.45 bits per heavy atom. The summed E-state index contributed by atoms with van der Waals surface area (Å²) in [7, 11) is 1.41. The molecule has 0 radical (unpaired) electrons. The van der Waals surface area contributed by atoms with Crippen LogP contribution < -0.4 is 5.32 Å². The van der Waals surface area contributed by atoms with Crippen LogP contribution in [-0.4, -0.2) is 45.9 Å². The fraction of sp³-hybridized carbons (Fsp3) is 0.231.